The second-order valence-electron chi connectivity index (χ2n) is 8.01. The summed E-state index contributed by atoms with van der Waals surface area (Å²) in [6, 6.07) is 12.7. The number of benzene rings is 2. The predicted molar refractivity (Wildman–Crippen MR) is 108 cm³/mol. The molecule has 0 atom stereocenters. The Morgan fingerprint density at radius 3 is 2.30 bits per heavy atom. The van der Waals surface area contributed by atoms with Crippen LogP contribution in [0.5, 0.6) is 0 Å². The molecule has 0 saturated heterocycles. The van der Waals surface area contributed by atoms with E-state index in [9.17, 15) is 9.59 Å². The van der Waals surface area contributed by atoms with Crippen molar-refractivity contribution in [2.24, 2.45) is 0 Å². The highest BCUT2D eigenvalue weighted by molar-refractivity contribution is 5.90. The summed E-state index contributed by atoms with van der Waals surface area (Å²) in [6.45, 7) is 10.8. The Morgan fingerprint density at radius 2 is 1.67 bits per heavy atom. The Labute approximate surface area is 159 Å². The van der Waals surface area contributed by atoms with Gasteiger partial charge in [-0.25, -0.2) is 4.79 Å². The third-order valence-corrected chi connectivity index (χ3v) is 4.87. The number of aromatic amines is 1. The van der Waals surface area contributed by atoms with Gasteiger partial charge in [0, 0.05) is 17.0 Å². The van der Waals surface area contributed by atoms with Gasteiger partial charge >= 0.3 is 5.97 Å². The van der Waals surface area contributed by atoms with Gasteiger partial charge in [0.2, 0.25) is 0 Å². The quantitative estimate of drug-likeness (QED) is 0.680. The number of aromatic nitrogens is 1. The van der Waals surface area contributed by atoms with E-state index in [-0.39, 0.29) is 23.1 Å². The lowest BCUT2D eigenvalue weighted by atomic mass is 9.84. The van der Waals surface area contributed by atoms with Crippen molar-refractivity contribution in [3.8, 4) is 0 Å². The van der Waals surface area contributed by atoms with Gasteiger partial charge < -0.3 is 9.72 Å². The summed E-state index contributed by atoms with van der Waals surface area (Å²) in [5, 5.41) is 0.554. The molecule has 3 rings (SSSR count). The first-order valence-electron chi connectivity index (χ1n) is 9.06. The van der Waals surface area contributed by atoms with Gasteiger partial charge in [-0.05, 0) is 53.6 Å². The number of carbonyl (C=O) groups excluding carboxylic acids is 1. The maximum Gasteiger partial charge on any atom is 0.355 e. The molecular weight excluding hydrogens is 338 g/mol. The van der Waals surface area contributed by atoms with Crippen LogP contribution in [0.3, 0.4) is 0 Å². The molecular formula is C23H25NO3. The highest BCUT2D eigenvalue weighted by Gasteiger charge is 2.17. The number of hydrogen-bond acceptors (Lipinski definition) is 3. The number of carbonyl (C=O) groups is 1. The molecule has 0 saturated carbocycles. The minimum Gasteiger partial charge on any atom is -0.456 e. The highest BCUT2D eigenvalue weighted by Crippen LogP contribution is 2.27. The number of rotatable bonds is 3. The standard InChI is InChI=1S/C23H25NO3/c1-14-10-16(23(3,4)5)11-15(2)18(14)13-27-22(26)20-12-21(25)17-8-6-7-9-19(17)24-20/h6-12H,13H2,1-5H3,(H,24,25). The molecule has 140 valence electrons. The molecule has 27 heavy (non-hydrogen) atoms. The molecule has 0 fully saturated rings. The van der Waals surface area contributed by atoms with Gasteiger partial charge in [-0.2, -0.15) is 0 Å². The van der Waals surface area contributed by atoms with E-state index in [2.05, 4.69) is 37.9 Å². The average molecular weight is 363 g/mol. The molecule has 1 heterocycles. The molecule has 1 N–H and O–H groups in total. The average Bonchev–Trinajstić information content (AvgIpc) is 2.59. The zero-order valence-corrected chi connectivity index (χ0v) is 16.5. The van der Waals surface area contributed by atoms with Crippen LogP contribution < -0.4 is 5.43 Å². The van der Waals surface area contributed by atoms with Gasteiger partial charge in [0.05, 0.1) is 0 Å². The monoisotopic (exact) mass is 363 g/mol. The molecule has 0 aliphatic rings. The van der Waals surface area contributed by atoms with Crippen molar-refractivity contribution in [1.29, 1.82) is 0 Å². The smallest absolute Gasteiger partial charge is 0.355 e. The summed E-state index contributed by atoms with van der Waals surface area (Å²) in [5.74, 6) is -0.531. The number of fused-ring (bicyclic) bond motifs is 1. The Morgan fingerprint density at radius 1 is 1.04 bits per heavy atom. The Balaban J connectivity index is 1.83. The largest absolute Gasteiger partial charge is 0.456 e. The van der Waals surface area contributed by atoms with Crippen LogP contribution >= 0.6 is 0 Å². The lowest BCUT2D eigenvalue weighted by Gasteiger charge is -2.22. The summed E-state index contributed by atoms with van der Waals surface area (Å²) in [4.78, 5) is 27.6. The molecule has 0 amide bonds. The van der Waals surface area contributed by atoms with Gasteiger partial charge in [-0.15, -0.1) is 0 Å². The van der Waals surface area contributed by atoms with E-state index in [4.69, 9.17) is 4.74 Å². The highest BCUT2D eigenvalue weighted by atomic mass is 16.5. The number of aryl methyl sites for hydroxylation is 2. The van der Waals surface area contributed by atoms with Crippen LogP contribution in [-0.2, 0) is 16.8 Å². The molecule has 4 nitrogen and oxygen atoms in total. The van der Waals surface area contributed by atoms with Crippen molar-refractivity contribution < 1.29 is 9.53 Å². The zero-order valence-electron chi connectivity index (χ0n) is 16.5. The summed E-state index contributed by atoms with van der Waals surface area (Å²) in [7, 11) is 0. The fourth-order valence-corrected chi connectivity index (χ4v) is 3.18. The Kier molecular flexibility index (Phi) is 4.92. The van der Waals surface area contributed by atoms with Gasteiger partial charge in [-0.3, -0.25) is 4.79 Å². The maximum atomic E-state index is 12.5. The van der Waals surface area contributed by atoms with Crippen LogP contribution in [-0.4, -0.2) is 11.0 Å². The summed E-state index contributed by atoms with van der Waals surface area (Å²) in [6.07, 6.45) is 0. The van der Waals surface area contributed by atoms with Crippen LogP contribution in [0.25, 0.3) is 10.9 Å². The van der Waals surface area contributed by atoms with Crippen molar-refractivity contribution in [2.45, 2.75) is 46.6 Å². The third kappa shape index (κ3) is 3.95. The fraction of sp³-hybridized carbons (Fsp3) is 0.304. The lowest BCUT2D eigenvalue weighted by Crippen LogP contribution is -2.15. The lowest BCUT2D eigenvalue weighted by molar-refractivity contribution is 0.0465. The van der Waals surface area contributed by atoms with Gasteiger partial charge in [0.1, 0.15) is 12.3 Å². The fourth-order valence-electron chi connectivity index (χ4n) is 3.18. The maximum absolute atomic E-state index is 12.5. The van der Waals surface area contributed by atoms with E-state index >= 15 is 0 Å². The first-order chi connectivity index (χ1) is 12.7. The first kappa shape index (κ1) is 18.9. The molecule has 2 aromatic carbocycles. The number of H-pyrrole nitrogens is 1. The van der Waals surface area contributed by atoms with Crippen molar-refractivity contribution in [2.75, 3.05) is 0 Å². The van der Waals surface area contributed by atoms with Crippen LogP contribution in [0.2, 0.25) is 0 Å². The van der Waals surface area contributed by atoms with Crippen LogP contribution in [0.1, 0.15) is 53.5 Å². The number of para-hydroxylation sites is 1. The predicted octanol–water partition coefficient (Wildman–Crippen LogP) is 4.80. The number of ether oxygens (including phenoxy) is 1. The molecule has 0 unspecified atom stereocenters. The normalized spacial score (nSPS) is 11.6. The number of pyridine rings is 1. The van der Waals surface area contributed by atoms with E-state index in [1.807, 2.05) is 19.9 Å². The molecule has 0 radical (unpaired) electrons. The summed E-state index contributed by atoms with van der Waals surface area (Å²) in [5.41, 5.74) is 5.11. The molecule has 3 aromatic rings. The second kappa shape index (κ2) is 7.03. The van der Waals surface area contributed by atoms with E-state index in [1.54, 1.807) is 18.2 Å². The van der Waals surface area contributed by atoms with Gasteiger partial charge in [0.25, 0.3) is 0 Å². The van der Waals surface area contributed by atoms with E-state index in [1.165, 1.54) is 11.6 Å². The number of nitrogens with one attached hydrogen (secondary N) is 1. The zero-order chi connectivity index (χ0) is 19.8. The van der Waals surface area contributed by atoms with Crippen molar-refractivity contribution in [3.05, 3.63) is 80.6 Å². The Hall–Kier alpha value is -2.88. The van der Waals surface area contributed by atoms with Crippen LogP contribution in [0.4, 0.5) is 0 Å². The Bertz CT molecular complexity index is 1050. The SMILES string of the molecule is Cc1cc(C(C)(C)C)cc(C)c1COC(=O)c1cc(=O)c2ccccc2[nH]1. The summed E-state index contributed by atoms with van der Waals surface area (Å²) >= 11 is 0. The molecule has 0 spiro atoms. The van der Waals surface area contributed by atoms with E-state index < -0.39 is 5.97 Å². The molecule has 0 bridgehead atoms. The van der Waals surface area contributed by atoms with Gasteiger partial charge in [0.15, 0.2) is 5.43 Å². The van der Waals surface area contributed by atoms with Crippen molar-refractivity contribution in [1.82, 2.24) is 4.98 Å². The minimum atomic E-state index is -0.531. The van der Waals surface area contributed by atoms with Crippen molar-refractivity contribution in [3.63, 3.8) is 0 Å². The second-order valence-corrected chi connectivity index (χ2v) is 8.01. The topological polar surface area (TPSA) is 59.2 Å². The van der Waals surface area contributed by atoms with Crippen LogP contribution in [0, 0.1) is 13.8 Å². The van der Waals surface area contributed by atoms with E-state index in [0.29, 0.717) is 10.9 Å². The first-order valence-corrected chi connectivity index (χ1v) is 9.06. The molecule has 4 heteroatoms. The van der Waals surface area contributed by atoms with Crippen LogP contribution in [0.15, 0.2) is 47.3 Å². The van der Waals surface area contributed by atoms with Gasteiger partial charge in [-0.1, -0.05) is 45.0 Å². The molecule has 1 aromatic heterocycles. The molecule has 0 aliphatic carbocycles. The summed E-state index contributed by atoms with van der Waals surface area (Å²) < 4.78 is 5.50. The third-order valence-electron chi connectivity index (χ3n) is 4.87. The molecule has 0 aliphatic heterocycles. The van der Waals surface area contributed by atoms with Crippen molar-refractivity contribution >= 4 is 16.9 Å². The minimum absolute atomic E-state index is 0.0648. The van der Waals surface area contributed by atoms with E-state index in [0.717, 1.165) is 16.7 Å². The number of esters is 1. The number of hydrogen-bond donors (Lipinski definition) is 1.